The van der Waals surface area contributed by atoms with Gasteiger partial charge >= 0.3 is 12.0 Å². The van der Waals surface area contributed by atoms with E-state index in [0.717, 1.165) is 63.7 Å². The summed E-state index contributed by atoms with van der Waals surface area (Å²) in [7, 11) is 0. The second-order valence-corrected chi connectivity index (χ2v) is 9.93. The molecule has 218 valence electrons. The van der Waals surface area contributed by atoms with Crippen molar-refractivity contribution in [2.24, 2.45) is 0 Å². The average Bonchev–Trinajstić information content (AvgIpc) is 3.28. The van der Waals surface area contributed by atoms with E-state index in [1.54, 1.807) is 18.2 Å². The zero-order chi connectivity index (χ0) is 28.7. The lowest BCUT2D eigenvalue weighted by Crippen LogP contribution is -2.30. The predicted octanol–water partition coefficient (Wildman–Crippen LogP) is 3.73. The number of aliphatic hydroxyl groups excluding tert-OH is 1. The van der Waals surface area contributed by atoms with Gasteiger partial charge in [-0.2, -0.15) is 0 Å². The highest BCUT2D eigenvalue weighted by Crippen LogP contribution is 2.23. The SMILES string of the molecule is CC(=O)OCc1cc([C@H](O)CNCCCCCCOCCCCc2cccc(N3C(=O)CNC3=O)c2)ccc1O. The van der Waals surface area contributed by atoms with Crippen molar-refractivity contribution in [3.8, 4) is 5.75 Å². The minimum absolute atomic E-state index is 0.0291. The highest BCUT2D eigenvalue weighted by atomic mass is 16.5. The maximum absolute atomic E-state index is 11.9. The molecule has 1 saturated heterocycles. The molecule has 1 heterocycles. The molecule has 3 rings (SSSR count). The van der Waals surface area contributed by atoms with Gasteiger partial charge in [-0.15, -0.1) is 0 Å². The van der Waals surface area contributed by atoms with Gasteiger partial charge in [0.2, 0.25) is 0 Å². The van der Waals surface area contributed by atoms with Crippen molar-refractivity contribution in [3.63, 3.8) is 0 Å². The number of hydrogen-bond donors (Lipinski definition) is 4. The third-order valence-corrected chi connectivity index (χ3v) is 6.67. The van der Waals surface area contributed by atoms with Gasteiger partial charge in [-0.1, -0.05) is 31.0 Å². The molecule has 0 bridgehead atoms. The number of carbonyl (C=O) groups excluding carboxylic acids is 3. The van der Waals surface area contributed by atoms with Gasteiger partial charge in [-0.05, 0) is 74.0 Å². The lowest BCUT2D eigenvalue weighted by atomic mass is 10.1. The first kappa shape index (κ1) is 31.1. The monoisotopic (exact) mass is 555 g/mol. The van der Waals surface area contributed by atoms with Crippen LogP contribution in [0.1, 0.15) is 68.2 Å². The van der Waals surface area contributed by atoms with Gasteiger partial charge in [-0.3, -0.25) is 9.59 Å². The zero-order valence-corrected chi connectivity index (χ0v) is 23.2. The summed E-state index contributed by atoms with van der Waals surface area (Å²) < 4.78 is 10.7. The number of urea groups is 1. The van der Waals surface area contributed by atoms with Crippen molar-refractivity contribution in [3.05, 3.63) is 59.2 Å². The number of hydrogen-bond acceptors (Lipinski definition) is 8. The minimum atomic E-state index is -0.718. The summed E-state index contributed by atoms with van der Waals surface area (Å²) in [6, 6.07) is 12.0. The molecule has 0 spiro atoms. The zero-order valence-electron chi connectivity index (χ0n) is 23.2. The molecule has 3 amide bonds. The number of nitrogens with one attached hydrogen (secondary N) is 2. The number of anilines is 1. The number of ether oxygens (including phenoxy) is 2. The first-order chi connectivity index (χ1) is 19.3. The number of rotatable bonds is 18. The fourth-order valence-electron chi connectivity index (χ4n) is 4.44. The van der Waals surface area contributed by atoms with Gasteiger partial charge in [0.15, 0.2) is 0 Å². The van der Waals surface area contributed by atoms with E-state index in [2.05, 4.69) is 10.6 Å². The van der Waals surface area contributed by atoms with E-state index in [4.69, 9.17) is 9.47 Å². The number of nitrogens with zero attached hydrogens (tertiary/aromatic N) is 1. The molecule has 0 saturated carbocycles. The third kappa shape index (κ3) is 10.3. The minimum Gasteiger partial charge on any atom is -0.508 e. The summed E-state index contributed by atoms with van der Waals surface area (Å²) >= 11 is 0. The van der Waals surface area contributed by atoms with Gasteiger partial charge in [0.05, 0.1) is 18.3 Å². The summed E-state index contributed by atoms with van der Waals surface area (Å²) in [5, 5.41) is 26.1. The number of aromatic hydroxyl groups is 1. The number of amides is 3. The molecule has 40 heavy (non-hydrogen) atoms. The van der Waals surface area contributed by atoms with Gasteiger partial charge in [0, 0.05) is 32.2 Å². The second kappa shape index (κ2) is 16.6. The summed E-state index contributed by atoms with van der Waals surface area (Å²) in [4.78, 5) is 35.9. The van der Waals surface area contributed by atoms with Crippen LogP contribution in [-0.4, -0.2) is 61.0 Å². The lowest BCUT2D eigenvalue weighted by molar-refractivity contribution is -0.142. The molecule has 1 aliphatic heterocycles. The number of benzene rings is 2. The Labute approximate surface area is 235 Å². The molecule has 1 aliphatic rings. The molecule has 2 aromatic rings. The Morgan fingerprint density at radius 1 is 1.05 bits per heavy atom. The summed E-state index contributed by atoms with van der Waals surface area (Å²) in [5.41, 5.74) is 2.83. The molecule has 4 N–H and O–H groups in total. The van der Waals surface area contributed by atoms with E-state index in [0.29, 0.717) is 30.0 Å². The Bertz CT molecular complexity index is 1110. The van der Waals surface area contributed by atoms with Crippen LogP contribution >= 0.6 is 0 Å². The molecule has 10 heteroatoms. The van der Waals surface area contributed by atoms with Crippen LogP contribution in [0.2, 0.25) is 0 Å². The number of aliphatic hydroxyl groups is 1. The number of phenolic OH excluding ortho intramolecular Hbond substituents is 1. The Kier molecular flexibility index (Phi) is 12.9. The number of aryl methyl sites for hydroxylation is 1. The number of unbranched alkanes of at least 4 members (excludes halogenated alkanes) is 4. The van der Waals surface area contributed by atoms with Crippen LogP contribution in [0.4, 0.5) is 10.5 Å². The van der Waals surface area contributed by atoms with Crippen LogP contribution in [0.3, 0.4) is 0 Å². The summed E-state index contributed by atoms with van der Waals surface area (Å²) in [6.07, 6.45) is 6.24. The topological polar surface area (TPSA) is 137 Å². The molecule has 1 atom stereocenters. The Morgan fingerprint density at radius 3 is 2.58 bits per heavy atom. The normalized spacial score (nSPS) is 13.9. The highest BCUT2D eigenvalue weighted by molar-refractivity contribution is 6.19. The van der Waals surface area contributed by atoms with E-state index in [1.165, 1.54) is 17.9 Å². The quantitative estimate of drug-likeness (QED) is 0.124. The Balaban J connectivity index is 1.17. The molecule has 2 aromatic carbocycles. The van der Waals surface area contributed by atoms with Crippen molar-refractivity contribution >= 4 is 23.6 Å². The maximum Gasteiger partial charge on any atom is 0.329 e. The molecule has 0 radical (unpaired) electrons. The fraction of sp³-hybridized carbons (Fsp3) is 0.500. The smallest absolute Gasteiger partial charge is 0.329 e. The van der Waals surface area contributed by atoms with Crippen LogP contribution in [-0.2, 0) is 32.1 Å². The average molecular weight is 556 g/mol. The molecule has 0 aliphatic carbocycles. The van der Waals surface area contributed by atoms with E-state index < -0.39 is 12.1 Å². The van der Waals surface area contributed by atoms with Crippen LogP contribution in [0.15, 0.2) is 42.5 Å². The number of phenols is 1. The van der Waals surface area contributed by atoms with Crippen molar-refractivity contribution in [1.29, 1.82) is 0 Å². The van der Waals surface area contributed by atoms with Crippen LogP contribution in [0, 0.1) is 0 Å². The Morgan fingerprint density at radius 2 is 1.82 bits per heavy atom. The van der Waals surface area contributed by atoms with Gasteiger partial charge in [0.1, 0.15) is 12.4 Å². The van der Waals surface area contributed by atoms with Gasteiger partial charge < -0.3 is 30.3 Å². The first-order valence-electron chi connectivity index (χ1n) is 14.0. The van der Waals surface area contributed by atoms with Crippen molar-refractivity contribution in [2.75, 3.05) is 37.7 Å². The van der Waals surface area contributed by atoms with Crippen LogP contribution < -0.4 is 15.5 Å². The largest absolute Gasteiger partial charge is 0.508 e. The number of esters is 1. The second-order valence-electron chi connectivity index (χ2n) is 9.93. The molecular weight excluding hydrogens is 514 g/mol. The van der Waals surface area contributed by atoms with Crippen LogP contribution in [0.5, 0.6) is 5.75 Å². The lowest BCUT2D eigenvalue weighted by Gasteiger charge is -2.14. The van der Waals surface area contributed by atoms with E-state index in [-0.39, 0.29) is 30.8 Å². The summed E-state index contributed by atoms with van der Waals surface area (Å²) in [5.74, 6) is -0.626. The standard InChI is InChI=1S/C30H41N3O7/c1-22(34)40-21-25-18-24(12-13-27(25)35)28(36)19-31-14-5-2-3-6-15-39-16-7-4-9-23-10-8-11-26(17-23)33-29(37)20-32-30(33)38/h8,10-13,17-18,28,31,35-36H,2-7,9,14-16,19-21H2,1H3,(H,32,38)/t28-/m1/s1. The fourth-order valence-corrected chi connectivity index (χ4v) is 4.44. The molecule has 1 fully saturated rings. The number of imide groups is 1. The molecule has 0 unspecified atom stereocenters. The predicted molar refractivity (Wildman–Crippen MR) is 151 cm³/mol. The first-order valence-corrected chi connectivity index (χ1v) is 14.0. The number of carbonyl (C=O) groups is 3. The molecular formula is C30H41N3O7. The maximum atomic E-state index is 11.9. The van der Waals surface area contributed by atoms with Crippen LogP contribution in [0.25, 0.3) is 0 Å². The molecule has 10 nitrogen and oxygen atoms in total. The van der Waals surface area contributed by atoms with Crippen molar-refractivity contribution < 1.29 is 34.1 Å². The van der Waals surface area contributed by atoms with E-state index in [1.807, 2.05) is 18.2 Å². The van der Waals surface area contributed by atoms with E-state index in [9.17, 15) is 24.6 Å². The van der Waals surface area contributed by atoms with Gasteiger partial charge in [0.25, 0.3) is 5.91 Å². The van der Waals surface area contributed by atoms with Crippen molar-refractivity contribution in [1.82, 2.24) is 10.6 Å². The van der Waals surface area contributed by atoms with Gasteiger partial charge in [-0.25, -0.2) is 9.69 Å². The Hall–Kier alpha value is -3.47. The third-order valence-electron chi connectivity index (χ3n) is 6.67. The van der Waals surface area contributed by atoms with Crippen molar-refractivity contribution in [2.45, 2.75) is 64.6 Å². The molecule has 0 aromatic heterocycles. The van der Waals surface area contributed by atoms with E-state index >= 15 is 0 Å². The summed E-state index contributed by atoms with van der Waals surface area (Å²) in [6.45, 7) is 3.98. The highest BCUT2D eigenvalue weighted by Gasteiger charge is 2.29.